The molecule has 1 saturated heterocycles. The van der Waals surface area contributed by atoms with Gasteiger partial charge in [0.2, 0.25) is 5.91 Å². The molecular formula is C18H20ClN3O2S. The molecule has 0 aliphatic carbocycles. The second-order valence-electron chi connectivity index (χ2n) is 5.99. The van der Waals surface area contributed by atoms with Crippen LogP contribution in [0, 0.1) is 5.92 Å². The van der Waals surface area contributed by atoms with Crippen molar-refractivity contribution in [1.82, 2.24) is 10.2 Å². The number of piperidine rings is 1. The van der Waals surface area contributed by atoms with Crippen LogP contribution in [0.4, 0.5) is 10.5 Å². The number of carbonyl (C=O) groups is 2. The molecule has 2 N–H and O–H groups in total. The molecule has 1 aromatic carbocycles. The lowest BCUT2D eigenvalue weighted by atomic mass is 9.97. The van der Waals surface area contributed by atoms with Crippen molar-refractivity contribution in [2.75, 3.05) is 18.4 Å². The largest absolute Gasteiger partial charge is 0.333 e. The van der Waals surface area contributed by atoms with Crippen molar-refractivity contribution in [2.24, 2.45) is 5.92 Å². The minimum absolute atomic E-state index is 0.0937. The van der Waals surface area contributed by atoms with Crippen LogP contribution in [0.1, 0.15) is 17.7 Å². The second kappa shape index (κ2) is 8.36. The third-order valence-electron chi connectivity index (χ3n) is 4.21. The first kappa shape index (κ1) is 17.8. The van der Waals surface area contributed by atoms with Gasteiger partial charge in [-0.15, -0.1) is 11.3 Å². The van der Waals surface area contributed by atoms with E-state index in [9.17, 15) is 9.59 Å². The summed E-state index contributed by atoms with van der Waals surface area (Å²) in [5.74, 6) is -0.318. The molecule has 3 rings (SSSR count). The summed E-state index contributed by atoms with van der Waals surface area (Å²) in [6.07, 6.45) is 1.58. The fourth-order valence-corrected chi connectivity index (χ4v) is 3.69. The molecule has 1 fully saturated rings. The fourth-order valence-electron chi connectivity index (χ4n) is 2.86. The quantitative estimate of drug-likeness (QED) is 0.847. The number of nitrogens with zero attached hydrogens (tertiary/aromatic N) is 1. The molecular weight excluding hydrogens is 358 g/mol. The maximum atomic E-state index is 12.5. The van der Waals surface area contributed by atoms with Crippen LogP contribution in [-0.2, 0) is 11.3 Å². The van der Waals surface area contributed by atoms with Gasteiger partial charge < -0.3 is 15.5 Å². The molecule has 3 amide bonds. The highest BCUT2D eigenvalue weighted by Crippen LogP contribution is 2.23. The highest BCUT2D eigenvalue weighted by molar-refractivity contribution is 7.09. The maximum absolute atomic E-state index is 12.5. The van der Waals surface area contributed by atoms with Crippen molar-refractivity contribution in [3.8, 4) is 0 Å². The first-order valence-corrected chi connectivity index (χ1v) is 9.50. The zero-order valence-corrected chi connectivity index (χ0v) is 15.3. The number of thiophene rings is 1. The summed E-state index contributed by atoms with van der Waals surface area (Å²) in [5.41, 5.74) is 0.605. The van der Waals surface area contributed by atoms with Crippen molar-refractivity contribution in [3.63, 3.8) is 0 Å². The monoisotopic (exact) mass is 377 g/mol. The van der Waals surface area contributed by atoms with Gasteiger partial charge in [0.25, 0.3) is 0 Å². The highest BCUT2D eigenvalue weighted by Gasteiger charge is 2.28. The number of rotatable bonds is 4. The molecule has 1 aliphatic heterocycles. The van der Waals surface area contributed by atoms with E-state index in [-0.39, 0.29) is 17.9 Å². The Morgan fingerprint density at radius 1 is 1.24 bits per heavy atom. The molecule has 5 nitrogen and oxygen atoms in total. The van der Waals surface area contributed by atoms with Crippen molar-refractivity contribution >= 4 is 40.6 Å². The number of carbonyl (C=O) groups excluding carboxylic acids is 2. The summed E-state index contributed by atoms with van der Waals surface area (Å²) >= 11 is 7.70. The lowest BCUT2D eigenvalue weighted by Gasteiger charge is -2.32. The van der Waals surface area contributed by atoms with Crippen LogP contribution >= 0.6 is 22.9 Å². The van der Waals surface area contributed by atoms with Crippen LogP contribution in [-0.4, -0.2) is 29.9 Å². The van der Waals surface area contributed by atoms with E-state index in [1.807, 2.05) is 29.6 Å². The minimum Gasteiger partial charge on any atom is -0.333 e. The molecule has 2 heterocycles. The molecule has 25 heavy (non-hydrogen) atoms. The summed E-state index contributed by atoms with van der Waals surface area (Å²) in [4.78, 5) is 27.7. The molecule has 7 heteroatoms. The average molecular weight is 378 g/mol. The van der Waals surface area contributed by atoms with Gasteiger partial charge in [0, 0.05) is 18.0 Å². The second-order valence-corrected chi connectivity index (χ2v) is 7.43. The number of anilines is 1. The van der Waals surface area contributed by atoms with Crippen LogP contribution in [0.25, 0.3) is 0 Å². The first-order chi connectivity index (χ1) is 12.1. The van der Waals surface area contributed by atoms with Gasteiger partial charge in [0.05, 0.1) is 23.2 Å². The van der Waals surface area contributed by atoms with Gasteiger partial charge in [-0.25, -0.2) is 4.79 Å². The van der Waals surface area contributed by atoms with E-state index >= 15 is 0 Å². The summed E-state index contributed by atoms with van der Waals surface area (Å²) in [5, 5.41) is 8.28. The number of amides is 3. The molecule has 0 radical (unpaired) electrons. The van der Waals surface area contributed by atoms with E-state index in [0.29, 0.717) is 30.3 Å². The Morgan fingerprint density at radius 2 is 2.08 bits per heavy atom. The molecule has 1 aliphatic rings. The molecule has 2 aromatic rings. The van der Waals surface area contributed by atoms with Crippen molar-refractivity contribution in [1.29, 1.82) is 0 Å². The molecule has 1 aromatic heterocycles. The van der Waals surface area contributed by atoms with Crippen molar-refractivity contribution in [2.45, 2.75) is 19.4 Å². The van der Waals surface area contributed by atoms with E-state index in [1.54, 1.807) is 28.4 Å². The topological polar surface area (TPSA) is 61.4 Å². The van der Waals surface area contributed by atoms with Crippen LogP contribution in [0.2, 0.25) is 5.02 Å². The van der Waals surface area contributed by atoms with Crippen LogP contribution in [0.15, 0.2) is 41.8 Å². The highest BCUT2D eigenvalue weighted by atomic mass is 35.5. The lowest BCUT2D eigenvalue weighted by molar-refractivity contribution is -0.121. The molecule has 132 valence electrons. The lowest BCUT2D eigenvalue weighted by Crippen LogP contribution is -2.47. The van der Waals surface area contributed by atoms with Gasteiger partial charge in [0.15, 0.2) is 0 Å². The summed E-state index contributed by atoms with van der Waals surface area (Å²) in [6.45, 7) is 1.61. The average Bonchev–Trinajstić information content (AvgIpc) is 3.15. The number of urea groups is 1. The predicted octanol–water partition coefficient (Wildman–Crippen LogP) is 3.96. The Balaban J connectivity index is 1.54. The Labute approximate surface area is 156 Å². The van der Waals surface area contributed by atoms with Crippen LogP contribution in [0.5, 0.6) is 0 Å². The van der Waals surface area contributed by atoms with E-state index in [1.165, 1.54) is 0 Å². The molecule has 0 bridgehead atoms. The molecule has 1 unspecified atom stereocenters. The third-order valence-corrected chi connectivity index (χ3v) is 5.41. The number of benzene rings is 1. The zero-order valence-electron chi connectivity index (χ0n) is 13.7. The van der Waals surface area contributed by atoms with Crippen molar-refractivity contribution in [3.05, 3.63) is 51.7 Å². The summed E-state index contributed by atoms with van der Waals surface area (Å²) in [6, 6.07) is 11.0. The van der Waals surface area contributed by atoms with Gasteiger partial charge >= 0.3 is 6.03 Å². The molecule has 1 atom stereocenters. The zero-order chi connectivity index (χ0) is 17.6. The van der Waals surface area contributed by atoms with E-state index in [2.05, 4.69) is 10.6 Å². The third kappa shape index (κ3) is 4.74. The standard InChI is InChI=1S/C18H20ClN3O2S/c19-15-7-1-2-8-16(15)21-17(23)13-5-3-9-22(12-13)18(24)20-11-14-6-4-10-25-14/h1-2,4,6-8,10,13H,3,5,9,11-12H2,(H,20,24)(H,21,23). The Bertz CT molecular complexity index is 736. The van der Waals surface area contributed by atoms with Gasteiger partial charge in [-0.3, -0.25) is 4.79 Å². The first-order valence-electron chi connectivity index (χ1n) is 8.24. The van der Waals surface area contributed by atoms with Gasteiger partial charge in [-0.2, -0.15) is 0 Å². The SMILES string of the molecule is O=C(Nc1ccccc1Cl)C1CCCN(C(=O)NCc2cccs2)C1. The van der Waals surface area contributed by atoms with Gasteiger partial charge in [-0.1, -0.05) is 29.8 Å². The van der Waals surface area contributed by atoms with Crippen molar-refractivity contribution < 1.29 is 9.59 Å². The molecule has 0 saturated carbocycles. The Morgan fingerprint density at radius 3 is 2.84 bits per heavy atom. The number of halogens is 1. The number of likely N-dealkylation sites (tertiary alicyclic amines) is 1. The number of hydrogen-bond donors (Lipinski definition) is 2. The van der Waals surface area contributed by atoms with Crippen LogP contribution < -0.4 is 10.6 Å². The van der Waals surface area contributed by atoms with E-state index in [4.69, 9.17) is 11.6 Å². The summed E-state index contributed by atoms with van der Waals surface area (Å²) in [7, 11) is 0. The minimum atomic E-state index is -0.225. The smallest absolute Gasteiger partial charge is 0.317 e. The number of nitrogens with one attached hydrogen (secondary N) is 2. The number of para-hydroxylation sites is 1. The van der Waals surface area contributed by atoms with E-state index < -0.39 is 0 Å². The predicted molar refractivity (Wildman–Crippen MR) is 101 cm³/mol. The number of hydrogen-bond acceptors (Lipinski definition) is 3. The van der Waals surface area contributed by atoms with Gasteiger partial charge in [0.1, 0.15) is 0 Å². The fraction of sp³-hybridized carbons (Fsp3) is 0.333. The maximum Gasteiger partial charge on any atom is 0.317 e. The van der Waals surface area contributed by atoms with Gasteiger partial charge in [-0.05, 0) is 36.4 Å². The van der Waals surface area contributed by atoms with E-state index in [0.717, 1.165) is 17.7 Å². The summed E-state index contributed by atoms with van der Waals surface area (Å²) < 4.78 is 0. The normalized spacial score (nSPS) is 17.2. The van der Waals surface area contributed by atoms with Crippen LogP contribution in [0.3, 0.4) is 0 Å². The molecule has 0 spiro atoms. The Hall–Kier alpha value is -2.05. The Kier molecular flexibility index (Phi) is 5.94.